The topological polar surface area (TPSA) is 84.8 Å². The molecular formula is C25H33N3O4. The van der Waals surface area contributed by atoms with Gasteiger partial charge in [0.1, 0.15) is 5.76 Å². The van der Waals surface area contributed by atoms with Crippen molar-refractivity contribution in [2.75, 3.05) is 26.9 Å². The van der Waals surface area contributed by atoms with Gasteiger partial charge in [0.2, 0.25) is 0 Å². The van der Waals surface area contributed by atoms with Gasteiger partial charge in [0.05, 0.1) is 12.7 Å². The Morgan fingerprint density at radius 2 is 2.03 bits per heavy atom. The fourth-order valence-electron chi connectivity index (χ4n) is 5.02. The summed E-state index contributed by atoms with van der Waals surface area (Å²) in [5, 5.41) is 17.3. The zero-order chi connectivity index (χ0) is 22.8. The third kappa shape index (κ3) is 4.14. The molecule has 4 rings (SSSR count). The smallest absolute Gasteiger partial charge is 0.253 e. The Bertz CT molecular complexity index is 1060. The predicted molar refractivity (Wildman–Crippen MR) is 124 cm³/mol. The van der Waals surface area contributed by atoms with Crippen molar-refractivity contribution in [3.8, 4) is 0 Å². The van der Waals surface area contributed by atoms with Crippen LogP contribution >= 0.6 is 0 Å². The Kier molecular flexibility index (Phi) is 6.58. The number of para-hydroxylation sites is 1. The van der Waals surface area contributed by atoms with Gasteiger partial charge in [-0.25, -0.2) is 0 Å². The average Bonchev–Trinajstić information content (AvgIpc) is 3.09. The van der Waals surface area contributed by atoms with Crippen LogP contribution in [0.25, 0.3) is 10.9 Å². The van der Waals surface area contributed by atoms with Crippen molar-refractivity contribution in [3.05, 3.63) is 58.6 Å². The second-order valence-electron chi connectivity index (χ2n) is 8.69. The molecule has 0 aliphatic carbocycles. The molecule has 1 amide bonds. The first-order valence-electron chi connectivity index (χ1n) is 11.3. The number of allylic oxidation sites excluding steroid dienone is 2. The van der Waals surface area contributed by atoms with Crippen LogP contribution in [0, 0.1) is 12.8 Å². The maximum Gasteiger partial charge on any atom is 0.253 e. The van der Waals surface area contributed by atoms with Crippen LogP contribution in [-0.2, 0) is 9.47 Å². The highest BCUT2D eigenvalue weighted by atomic mass is 16.5. The molecule has 2 aromatic rings. The summed E-state index contributed by atoms with van der Waals surface area (Å²) in [6, 6.07) is 8.35. The summed E-state index contributed by atoms with van der Waals surface area (Å²) in [4.78, 5) is 13.4. The molecule has 32 heavy (non-hydrogen) atoms. The van der Waals surface area contributed by atoms with Crippen LogP contribution in [0.3, 0.4) is 0 Å². The Hall–Kier alpha value is -2.77. The number of amides is 1. The number of ether oxygens (including phenoxy) is 2. The van der Waals surface area contributed by atoms with Crippen LogP contribution in [0.5, 0.6) is 0 Å². The number of nitrogens with zero attached hydrogens (tertiary/aromatic N) is 1. The number of hydrogen-bond donors (Lipinski definition) is 3. The second kappa shape index (κ2) is 9.38. The zero-order valence-electron chi connectivity index (χ0n) is 19.3. The first-order chi connectivity index (χ1) is 15.4. The SMILES string of the molecule is COC1=C(CNC(=O)c2c(C)n(C(C)C3CCOCC3)c3ccccc23)C(O)NC(C)=C1. The van der Waals surface area contributed by atoms with E-state index in [4.69, 9.17) is 9.47 Å². The van der Waals surface area contributed by atoms with Gasteiger partial charge in [0.25, 0.3) is 5.91 Å². The zero-order valence-corrected chi connectivity index (χ0v) is 19.3. The molecule has 1 saturated heterocycles. The Morgan fingerprint density at radius 1 is 1.31 bits per heavy atom. The number of nitrogens with one attached hydrogen (secondary N) is 2. The maximum absolute atomic E-state index is 13.4. The fourth-order valence-corrected chi connectivity index (χ4v) is 5.02. The van der Waals surface area contributed by atoms with Crippen LogP contribution in [0.4, 0.5) is 0 Å². The minimum absolute atomic E-state index is 0.155. The van der Waals surface area contributed by atoms with Crippen molar-refractivity contribution in [2.45, 2.75) is 45.9 Å². The van der Waals surface area contributed by atoms with E-state index in [-0.39, 0.29) is 18.5 Å². The monoisotopic (exact) mass is 439 g/mol. The number of fused-ring (bicyclic) bond motifs is 1. The molecular weight excluding hydrogens is 406 g/mol. The lowest BCUT2D eigenvalue weighted by molar-refractivity contribution is 0.0517. The molecule has 2 atom stereocenters. The van der Waals surface area contributed by atoms with E-state index in [1.165, 1.54) is 0 Å². The predicted octanol–water partition coefficient (Wildman–Crippen LogP) is 3.39. The Labute approximate surface area is 189 Å². The van der Waals surface area contributed by atoms with E-state index in [0.717, 1.165) is 48.3 Å². The Morgan fingerprint density at radius 3 is 2.75 bits per heavy atom. The average molecular weight is 440 g/mol. The fraction of sp³-hybridized carbons (Fsp3) is 0.480. The summed E-state index contributed by atoms with van der Waals surface area (Å²) in [5.74, 6) is 0.932. The molecule has 1 fully saturated rings. The lowest BCUT2D eigenvalue weighted by Crippen LogP contribution is -2.39. The number of hydrogen-bond acceptors (Lipinski definition) is 5. The summed E-state index contributed by atoms with van der Waals surface area (Å²) < 4.78 is 13.3. The summed E-state index contributed by atoms with van der Waals surface area (Å²) in [7, 11) is 1.56. The number of methoxy groups -OCH3 is 1. The van der Waals surface area contributed by atoms with E-state index in [2.05, 4.69) is 28.2 Å². The quantitative estimate of drug-likeness (QED) is 0.643. The highest BCUT2D eigenvalue weighted by molar-refractivity contribution is 6.08. The number of aromatic nitrogens is 1. The molecule has 3 heterocycles. The number of dihydropyridines is 1. The van der Waals surface area contributed by atoms with Gasteiger partial charge < -0.3 is 29.8 Å². The van der Waals surface area contributed by atoms with Crippen molar-refractivity contribution in [3.63, 3.8) is 0 Å². The van der Waals surface area contributed by atoms with Gasteiger partial charge in [-0.05, 0) is 51.7 Å². The lowest BCUT2D eigenvalue weighted by Gasteiger charge is -2.30. The highest BCUT2D eigenvalue weighted by Crippen LogP contribution is 2.35. The Balaban J connectivity index is 1.64. The number of rotatable bonds is 6. The van der Waals surface area contributed by atoms with E-state index in [1.807, 2.05) is 38.1 Å². The summed E-state index contributed by atoms with van der Waals surface area (Å²) in [6.45, 7) is 7.90. The number of carbonyl (C=O) groups excluding carboxylic acids is 1. The van der Waals surface area contributed by atoms with Gasteiger partial charge in [0.15, 0.2) is 6.23 Å². The van der Waals surface area contributed by atoms with E-state index < -0.39 is 6.23 Å². The van der Waals surface area contributed by atoms with Gasteiger partial charge in [-0.2, -0.15) is 0 Å². The van der Waals surface area contributed by atoms with Gasteiger partial charge in [-0.15, -0.1) is 0 Å². The standard InChI is InChI=1S/C25H33N3O4/c1-15-13-22(31-4)20(24(29)27-15)14-26-25(30)23-17(3)28(21-8-6-5-7-19(21)23)16(2)18-9-11-32-12-10-18/h5-8,13,16,18,24,27,29H,9-12,14H2,1-4H3,(H,26,30). The largest absolute Gasteiger partial charge is 0.496 e. The molecule has 1 aromatic heterocycles. The molecule has 0 bridgehead atoms. The van der Waals surface area contributed by atoms with Gasteiger partial charge in [0, 0.05) is 53.7 Å². The molecule has 7 heteroatoms. The van der Waals surface area contributed by atoms with E-state index in [9.17, 15) is 9.90 Å². The van der Waals surface area contributed by atoms with Gasteiger partial charge in [-0.1, -0.05) is 18.2 Å². The number of carbonyl (C=O) groups is 1. The first-order valence-corrected chi connectivity index (χ1v) is 11.3. The number of benzene rings is 1. The van der Waals surface area contributed by atoms with Gasteiger partial charge >= 0.3 is 0 Å². The van der Waals surface area contributed by atoms with Crippen molar-refractivity contribution in [1.82, 2.24) is 15.2 Å². The molecule has 172 valence electrons. The summed E-state index contributed by atoms with van der Waals surface area (Å²) >= 11 is 0. The first kappa shape index (κ1) is 22.4. The van der Waals surface area contributed by atoms with Crippen LogP contribution < -0.4 is 10.6 Å². The minimum atomic E-state index is -0.897. The van der Waals surface area contributed by atoms with Crippen molar-refractivity contribution in [2.24, 2.45) is 5.92 Å². The third-order valence-corrected chi connectivity index (χ3v) is 6.76. The molecule has 2 aliphatic rings. The van der Waals surface area contributed by atoms with E-state index >= 15 is 0 Å². The van der Waals surface area contributed by atoms with E-state index in [1.54, 1.807) is 7.11 Å². The molecule has 2 unspecified atom stereocenters. The molecule has 1 aromatic carbocycles. The third-order valence-electron chi connectivity index (χ3n) is 6.76. The number of aliphatic hydroxyl groups excluding tert-OH is 1. The maximum atomic E-state index is 13.4. The normalized spacial score (nSPS) is 20.7. The van der Waals surface area contributed by atoms with Crippen molar-refractivity contribution in [1.29, 1.82) is 0 Å². The van der Waals surface area contributed by atoms with E-state index in [0.29, 0.717) is 22.8 Å². The van der Waals surface area contributed by atoms with Crippen LogP contribution in [0.15, 0.2) is 47.4 Å². The van der Waals surface area contributed by atoms with Crippen LogP contribution in [0.1, 0.15) is 48.8 Å². The van der Waals surface area contributed by atoms with Crippen molar-refractivity contribution >= 4 is 16.8 Å². The molecule has 2 aliphatic heterocycles. The molecule has 7 nitrogen and oxygen atoms in total. The minimum Gasteiger partial charge on any atom is -0.496 e. The summed E-state index contributed by atoms with van der Waals surface area (Å²) in [6.07, 6.45) is 2.98. The van der Waals surface area contributed by atoms with Crippen molar-refractivity contribution < 1.29 is 19.4 Å². The molecule has 3 N–H and O–H groups in total. The molecule has 0 spiro atoms. The van der Waals surface area contributed by atoms with Crippen LogP contribution in [-0.4, -0.2) is 48.7 Å². The summed E-state index contributed by atoms with van der Waals surface area (Å²) in [5.41, 5.74) is 4.13. The highest BCUT2D eigenvalue weighted by Gasteiger charge is 2.28. The molecule has 0 saturated carbocycles. The van der Waals surface area contributed by atoms with Gasteiger partial charge in [-0.3, -0.25) is 4.79 Å². The lowest BCUT2D eigenvalue weighted by atomic mass is 9.92. The molecule has 0 radical (unpaired) electrons. The second-order valence-corrected chi connectivity index (χ2v) is 8.69. The van der Waals surface area contributed by atoms with Crippen LogP contribution in [0.2, 0.25) is 0 Å². The number of aliphatic hydroxyl groups is 1.